The zero-order chi connectivity index (χ0) is 26.2. The number of methoxy groups -OCH3 is 1. The maximum atomic E-state index is 13.3. The lowest BCUT2D eigenvalue weighted by Gasteiger charge is -2.30. The Morgan fingerprint density at radius 3 is 2.34 bits per heavy atom. The van der Waals surface area contributed by atoms with Gasteiger partial charge in [-0.15, -0.1) is 0 Å². The summed E-state index contributed by atoms with van der Waals surface area (Å²) in [5, 5.41) is 2.87. The van der Waals surface area contributed by atoms with Crippen molar-refractivity contribution >= 4 is 27.5 Å². The highest BCUT2D eigenvalue weighted by molar-refractivity contribution is 7.92. The topological polar surface area (TPSA) is 96.0 Å². The van der Waals surface area contributed by atoms with Crippen LogP contribution in [0.4, 0.5) is 5.69 Å². The molecule has 0 saturated heterocycles. The number of rotatable bonds is 12. The van der Waals surface area contributed by atoms with Gasteiger partial charge in [0.25, 0.3) is 0 Å². The molecular weight excluding hydrogens is 466 g/mol. The summed E-state index contributed by atoms with van der Waals surface area (Å²) in [6.07, 6.45) is 1.53. The van der Waals surface area contributed by atoms with Crippen molar-refractivity contribution < 1.29 is 22.7 Å². The number of hydrogen-bond donors (Lipinski definition) is 1. The Morgan fingerprint density at radius 2 is 1.74 bits per heavy atom. The van der Waals surface area contributed by atoms with E-state index in [1.807, 2.05) is 45.0 Å². The lowest BCUT2D eigenvalue weighted by atomic mass is 10.1. The van der Waals surface area contributed by atoms with E-state index in [-0.39, 0.29) is 30.8 Å². The molecule has 0 radical (unpaired) electrons. The van der Waals surface area contributed by atoms with Gasteiger partial charge in [-0.25, -0.2) is 8.42 Å². The highest BCUT2D eigenvalue weighted by Crippen LogP contribution is 2.24. The van der Waals surface area contributed by atoms with Crippen molar-refractivity contribution in [3.63, 3.8) is 0 Å². The van der Waals surface area contributed by atoms with Gasteiger partial charge < -0.3 is 15.0 Å². The number of nitrogens with zero attached hydrogens (tertiary/aromatic N) is 2. The third-order valence-corrected chi connectivity index (χ3v) is 6.89. The van der Waals surface area contributed by atoms with E-state index >= 15 is 0 Å². The van der Waals surface area contributed by atoms with Crippen molar-refractivity contribution in [2.45, 2.75) is 59.2 Å². The van der Waals surface area contributed by atoms with E-state index in [0.717, 1.165) is 17.4 Å². The molecule has 8 nitrogen and oxygen atoms in total. The summed E-state index contributed by atoms with van der Waals surface area (Å²) >= 11 is 0. The number of anilines is 1. The fraction of sp³-hybridized carbons (Fsp3) is 0.462. The van der Waals surface area contributed by atoms with Crippen LogP contribution in [0.25, 0.3) is 0 Å². The van der Waals surface area contributed by atoms with Crippen LogP contribution in [0.15, 0.2) is 48.5 Å². The Bertz CT molecular complexity index is 1120. The maximum Gasteiger partial charge on any atom is 0.242 e. The normalized spacial score (nSPS) is 12.2. The van der Waals surface area contributed by atoms with Crippen LogP contribution in [0.5, 0.6) is 5.75 Å². The molecule has 9 heteroatoms. The smallest absolute Gasteiger partial charge is 0.242 e. The molecule has 1 atom stereocenters. The first-order chi connectivity index (χ1) is 16.4. The van der Waals surface area contributed by atoms with Gasteiger partial charge in [-0.2, -0.15) is 0 Å². The number of nitrogens with one attached hydrogen (secondary N) is 1. The number of aryl methyl sites for hydroxylation is 1. The van der Waals surface area contributed by atoms with Crippen molar-refractivity contribution in [3.8, 4) is 5.75 Å². The molecule has 0 aliphatic rings. The number of amides is 2. The zero-order valence-electron chi connectivity index (χ0n) is 21.4. The predicted octanol–water partition coefficient (Wildman–Crippen LogP) is 3.49. The van der Waals surface area contributed by atoms with Gasteiger partial charge in [-0.3, -0.25) is 13.9 Å². The maximum absolute atomic E-state index is 13.3. The first kappa shape index (κ1) is 28.2. The molecule has 2 aromatic carbocycles. The summed E-state index contributed by atoms with van der Waals surface area (Å²) in [4.78, 5) is 27.6. The molecule has 2 rings (SSSR count). The number of hydrogen-bond acceptors (Lipinski definition) is 5. The number of carbonyl (C=O) groups is 2. The molecule has 0 aromatic heterocycles. The monoisotopic (exact) mass is 503 g/mol. The van der Waals surface area contributed by atoms with Crippen LogP contribution in [0.2, 0.25) is 0 Å². The molecule has 35 heavy (non-hydrogen) atoms. The molecule has 0 bridgehead atoms. The van der Waals surface area contributed by atoms with Crippen molar-refractivity contribution in [1.29, 1.82) is 0 Å². The van der Waals surface area contributed by atoms with Gasteiger partial charge in [-0.1, -0.05) is 30.3 Å². The molecule has 2 amide bonds. The number of benzene rings is 2. The Morgan fingerprint density at radius 1 is 1.06 bits per heavy atom. The highest BCUT2D eigenvalue weighted by atomic mass is 32.2. The molecule has 1 N–H and O–H groups in total. The Kier molecular flexibility index (Phi) is 10.1. The number of sulfonamides is 1. The van der Waals surface area contributed by atoms with E-state index in [2.05, 4.69) is 5.32 Å². The van der Waals surface area contributed by atoms with Crippen molar-refractivity contribution in [3.05, 3.63) is 59.7 Å². The van der Waals surface area contributed by atoms with E-state index in [0.29, 0.717) is 24.4 Å². The second-order valence-electron chi connectivity index (χ2n) is 8.93. The van der Waals surface area contributed by atoms with Crippen LogP contribution in [0, 0.1) is 6.92 Å². The van der Waals surface area contributed by atoms with Crippen molar-refractivity contribution in [2.24, 2.45) is 0 Å². The van der Waals surface area contributed by atoms with Gasteiger partial charge in [0.2, 0.25) is 21.8 Å². The van der Waals surface area contributed by atoms with Gasteiger partial charge in [0, 0.05) is 31.6 Å². The molecule has 0 aliphatic heterocycles. The molecular formula is C26H37N3O5S. The number of carbonyl (C=O) groups excluding carboxylic acids is 2. The quantitative estimate of drug-likeness (QED) is 0.478. The summed E-state index contributed by atoms with van der Waals surface area (Å²) < 4.78 is 31.4. The lowest BCUT2D eigenvalue weighted by Crippen LogP contribution is -2.49. The Labute approximate surface area is 209 Å². The minimum atomic E-state index is -3.57. The largest absolute Gasteiger partial charge is 0.497 e. The van der Waals surface area contributed by atoms with Crippen molar-refractivity contribution in [1.82, 2.24) is 10.2 Å². The summed E-state index contributed by atoms with van der Waals surface area (Å²) in [5.74, 6) is 0.108. The average Bonchev–Trinajstić information content (AvgIpc) is 2.79. The lowest BCUT2D eigenvalue weighted by molar-refractivity contribution is -0.140. The minimum absolute atomic E-state index is 0.0495. The second kappa shape index (κ2) is 12.6. The first-order valence-corrected chi connectivity index (χ1v) is 13.5. The van der Waals surface area contributed by atoms with Crippen LogP contribution in [-0.2, 0) is 26.2 Å². The predicted molar refractivity (Wildman–Crippen MR) is 139 cm³/mol. The molecule has 2 aromatic rings. The molecule has 0 saturated carbocycles. The van der Waals surface area contributed by atoms with Crippen LogP contribution < -0.4 is 14.4 Å². The highest BCUT2D eigenvalue weighted by Gasteiger charge is 2.27. The summed E-state index contributed by atoms with van der Waals surface area (Å²) in [7, 11) is -2.05. The SMILES string of the molecule is COc1cccc(N(CCCC(=O)N(Cc2ccccc2C)C(C)C(=O)NC(C)C)S(C)(=O)=O)c1. The van der Waals surface area contributed by atoms with Crippen LogP contribution in [-0.4, -0.2) is 57.1 Å². The molecule has 0 fully saturated rings. The average molecular weight is 504 g/mol. The third kappa shape index (κ3) is 8.28. The van der Waals surface area contributed by atoms with E-state index in [9.17, 15) is 18.0 Å². The Balaban J connectivity index is 2.19. The van der Waals surface area contributed by atoms with E-state index in [1.54, 1.807) is 36.1 Å². The number of ether oxygens (including phenoxy) is 1. The van der Waals surface area contributed by atoms with Gasteiger partial charge in [0.1, 0.15) is 11.8 Å². The Hall–Kier alpha value is -3.07. The van der Waals surface area contributed by atoms with Crippen LogP contribution >= 0.6 is 0 Å². The second-order valence-corrected chi connectivity index (χ2v) is 10.8. The first-order valence-electron chi connectivity index (χ1n) is 11.7. The van der Waals surface area contributed by atoms with Crippen molar-refractivity contribution in [2.75, 3.05) is 24.2 Å². The molecule has 192 valence electrons. The summed E-state index contributed by atoms with van der Waals surface area (Å²) in [6.45, 7) is 7.85. The van der Waals surface area contributed by atoms with E-state index < -0.39 is 16.1 Å². The molecule has 0 aliphatic carbocycles. The third-order valence-electron chi connectivity index (χ3n) is 5.69. The van der Waals surface area contributed by atoms with Gasteiger partial charge >= 0.3 is 0 Å². The fourth-order valence-corrected chi connectivity index (χ4v) is 4.69. The fourth-order valence-electron chi connectivity index (χ4n) is 3.73. The van der Waals surface area contributed by atoms with Gasteiger partial charge in [0.05, 0.1) is 19.1 Å². The van der Waals surface area contributed by atoms with Crippen LogP contribution in [0.1, 0.15) is 44.7 Å². The summed E-state index contributed by atoms with van der Waals surface area (Å²) in [6, 6.07) is 13.8. The van der Waals surface area contributed by atoms with E-state index in [4.69, 9.17) is 4.74 Å². The minimum Gasteiger partial charge on any atom is -0.497 e. The molecule has 1 unspecified atom stereocenters. The van der Waals surface area contributed by atoms with Gasteiger partial charge in [-0.05, 0) is 57.4 Å². The van der Waals surface area contributed by atoms with Gasteiger partial charge in [0.15, 0.2) is 0 Å². The zero-order valence-corrected chi connectivity index (χ0v) is 22.3. The summed E-state index contributed by atoms with van der Waals surface area (Å²) in [5.41, 5.74) is 2.46. The standard InChI is InChI=1S/C26H37N3O5S/c1-19(2)27-26(31)21(4)28(18-22-12-8-7-11-20(22)3)25(30)15-10-16-29(35(6,32)33)23-13-9-14-24(17-23)34-5/h7-9,11-14,17,19,21H,10,15-16,18H2,1-6H3,(H,27,31). The molecule has 0 heterocycles. The van der Waals surface area contributed by atoms with E-state index in [1.165, 1.54) is 11.4 Å². The molecule has 0 spiro atoms. The van der Waals surface area contributed by atoms with Crippen LogP contribution in [0.3, 0.4) is 0 Å².